The summed E-state index contributed by atoms with van der Waals surface area (Å²) in [4.78, 5) is 0. The van der Waals surface area contributed by atoms with E-state index in [-0.39, 0.29) is 0 Å². The summed E-state index contributed by atoms with van der Waals surface area (Å²) in [5.41, 5.74) is 4.74. The number of aryl methyl sites for hydroxylation is 2. The molecule has 0 aromatic heterocycles. The highest BCUT2D eigenvalue weighted by molar-refractivity contribution is 5.37. The normalized spacial score (nSPS) is 27.3. The fourth-order valence-electron chi connectivity index (χ4n) is 3.01. The Hall–Kier alpha value is -0.820. The second kappa shape index (κ2) is 5.05. The van der Waals surface area contributed by atoms with Gasteiger partial charge in [-0.15, -0.1) is 0 Å². The molecule has 1 heteroatoms. The molecule has 1 aromatic rings. The third-order valence-corrected chi connectivity index (χ3v) is 4.87. The van der Waals surface area contributed by atoms with Gasteiger partial charge in [0.15, 0.2) is 0 Å². The summed E-state index contributed by atoms with van der Waals surface area (Å²) in [6.07, 6.45) is 2.70. The topological polar surface area (TPSA) is 12.0 Å². The molecular formula is C17H27N. The minimum Gasteiger partial charge on any atom is -0.314 e. The molecule has 1 nitrogen and oxygen atoms in total. The van der Waals surface area contributed by atoms with E-state index in [4.69, 9.17) is 0 Å². The molecule has 0 radical (unpaired) electrons. The molecule has 0 amide bonds. The van der Waals surface area contributed by atoms with Crippen molar-refractivity contribution in [2.75, 3.05) is 6.54 Å². The number of benzene rings is 1. The van der Waals surface area contributed by atoms with Crippen molar-refractivity contribution < 1.29 is 0 Å². The number of rotatable bonds is 4. The van der Waals surface area contributed by atoms with E-state index in [0.717, 1.165) is 12.5 Å². The van der Waals surface area contributed by atoms with Crippen molar-refractivity contribution in [1.29, 1.82) is 0 Å². The zero-order chi connectivity index (χ0) is 13.3. The standard InChI is InChI=1S/C17H27N/c1-12(2)18-11-17(9-8-15(17)5)16-7-6-13(3)14(4)10-16/h6-7,10,12,15,18H,8-9,11H2,1-5H3. The zero-order valence-electron chi connectivity index (χ0n) is 12.5. The van der Waals surface area contributed by atoms with Crippen LogP contribution in [0, 0.1) is 19.8 Å². The van der Waals surface area contributed by atoms with Crippen LogP contribution in [0.5, 0.6) is 0 Å². The Kier molecular flexibility index (Phi) is 3.82. The lowest BCUT2D eigenvalue weighted by molar-refractivity contribution is 0.131. The van der Waals surface area contributed by atoms with Crippen molar-refractivity contribution in [3.05, 3.63) is 34.9 Å². The maximum Gasteiger partial charge on any atom is 0.0104 e. The minimum absolute atomic E-state index is 0.378. The fourth-order valence-corrected chi connectivity index (χ4v) is 3.01. The van der Waals surface area contributed by atoms with Gasteiger partial charge in [-0.25, -0.2) is 0 Å². The lowest BCUT2D eigenvalue weighted by Crippen LogP contribution is -2.51. The molecule has 1 aromatic carbocycles. The van der Waals surface area contributed by atoms with Gasteiger partial charge < -0.3 is 5.32 Å². The van der Waals surface area contributed by atoms with Gasteiger partial charge in [0.05, 0.1) is 0 Å². The molecule has 0 aliphatic heterocycles. The van der Waals surface area contributed by atoms with Crippen molar-refractivity contribution >= 4 is 0 Å². The van der Waals surface area contributed by atoms with E-state index in [1.807, 2.05) is 0 Å². The Morgan fingerprint density at radius 3 is 2.44 bits per heavy atom. The molecule has 0 saturated heterocycles. The van der Waals surface area contributed by atoms with Gasteiger partial charge in [-0.2, -0.15) is 0 Å². The minimum atomic E-state index is 0.378. The Morgan fingerprint density at radius 2 is 2.00 bits per heavy atom. The Balaban J connectivity index is 2.26. The van der Waals surface area contributed by atoms with Crippen LogP contribution in [0.1, 0.15) is 50.3 Å². The first kappa shape index (κ1) is 13.6. The van der Waals surface area contributed by atoms with Crippen molar-refractivity contribution in [2.24, 2.45) is 5.92 Å². The van der Waals surface area contributed by atoms with Crippen LogP contribution >= 0.6 is 0 Å². The van der Waals surface area contributed by atoms with Crippen LogP contribution in [-0.4, -0.2) is 12.6 Å². The van der Waals surface area contributed by atoms with Gasteiger partial charge in [-0.05, 0) is 49.3 Å². The van der Waals surface area contributed by atoms with Crippen molar-refractivity contribution in [3.63, 3.8) is 0 Å². The molecule has 2 unspecified atom stereocenters. The van der Waals surface area contributed by atoms with E-state index < -0.39 is 0 Å². The third kappa shape index (κ3) is 2.33. The molecule has 1 aliphatic rings. The Labute approximate surface area is 112 Å². The van der Waals surface area contributed by atoms with Gasteiger partial charge in [0.25, 0.3) is 0 Å². The predicted octanol–water partition coefficient (Wildman–Crippen LogP) is 3.97. The quantitative estimate of drug-likeness (QED) is 0.846. The molecular weight excluding hydrogens is 218 g/mol. The van der Waals surface area contributed by atoms with E-state index in [1.165, 1.54) is 29.5 Å². The second-order valence-corrected chi connectivity index (χ2v) is 6.43. The summed E-state index contributed by atoms with van der Waals surface area (Å²) >= 11 is 0. The van der Waals surface area contributed by atoms with Crippen LogP contribution in [0.4, 0.5) is 0 Å². The summed E-state index contributed by atoms with van der Waals surface area (Å²) in [7, 11) is 0. The number of hydrogen-bond donors (Lipinski definition) is 1. The number of hydrogen-bond acceptors (Lipinski definition) is 1. The molecule has 18 heavy (non-hydrogen) atoms. The average molecular weight is 245 g/mol. The largest absolute Gasteiger partial charge is 0.314 e. The molecule has 100 valence electrons. The summed E-state index contributed by atoms with van der Waals surface area (Å²) in [6.45, 7) is 12.4. The summed E-state index contributed by atoms with van der Waals surface area (Å²) in [5, 5.41) is 3.65. The third-order valence-electron chi connectivity index (χ3n) is 4.87. The molecule has 1 saturated carbocycles. The van der Waals surface area contributed by atoms with Gasteiger partial charge in [0, 0.05) is 18.0 Å². The molecule has 0 spiro atoms. The van der Waals surface area contributed by atoms with Gasteiger partial charge >= 0.3 is 0 Å². The van der Waals surface area contributed by atoms with Crippen molar-refractivity contribution in [1.82, 2.24) is 5.32 Å². The predicted molar refractivity (Wildman–Crippen MR) is 79.1 cm³/mol. The van der Waals surface area contributed by atoms with Crippen LogP contribution in [0.2, 0.25) is 0 Å². The van der Waals surface area contributed by atoms with Gasteiger partial charge in [-0.3, -0.25) is 0 Å². The molecule has 0 heterocycles. The zero-order valence-corrected chi connectivity index (χ0v) is 12.5. The first-order chi connectivity index (χ1) is 8.45. The van der Waals surface area contributed by atoms with Crippen molar-refractivity contribution in [2.45, 2.75) is 58.9 Å². The maximum atomic E-state index is 3.65. The van der Waals surface area contributed by atoms with E-state index in [9.17, 15) is 0 Å². The van der Waals surface area contributed by atoms with E-state index >= 15 is 0 Å². The maximum absolute atomic E-state index is 3.65. The highest BCUT2D eigenvalue weighted by Crippen LogP contribution is 2.48. The highest BCUT2D eigenvalue weighted by Gasteiger charge is 2.45. The first-order valence-corrected chi connectivity index (χ1v) is 7.27. The highest BCUT2D eigenvalue weighted by atomic mass is 14.9. The van der Waals surface area contributed by atoms with Crippen LogP contribution in [0.15, 0.2) is 18.2 Å². The van der Waals surface area contributed by atoms with E-state index in [2.05, 4.69) is 58.1 Å². The van der Waals surface area contributed by atoms with E-state index in [0.29, 0.717) is 11.5 Å². The number of nitrogens with one attached hydrogen (secondary N) is 1. The van der Waals surface area contributed by atoms with Crippen LogP contribution in [0.25, 0.3) is 0 Å². The molecule has 1 aliphatic carbocycles. The summed E-state index contributed by atoms with van der Waals surface area (Å²) < 4.78 is 0. The molecule has 2 rings (SSSR count). The van der Waals surface area contributed by atoms with Gasteiger partial charge in [0.2, 0.25) is 0 Å². The van der Waals surface area contributed by atoms with Crippen LogP contribution in [-0.2, 0) is 5.41 Å². The van der Waals surface area contributed by atoms with Crippen molar-refractivity contribution in [3.8, 4) is 0 Å². The van der Waals surface area contributed by atoms with Crippen LogP contribution < -0.4 is 5.32 Å². The van der Waals surface area contributed by atoms with Crippen LogP contribution in [0.3, 0.4) is 0 Å². The Bertz CT molecular complexity index is 422. The first-order valence-electron chi connectivity index (χ1n) is 7.27. The monoisotopic (exact) mass is 245 g/mol. The molecule has 2 atom stereocenters. The van der Waals surface area contributed by atoms with Gasteiger partial charge in [0.1, 0.15) is 0 Å². The van der Waals surface area contributed by atoms with E-state index in [1.54, 1.807) is 0 Å². The fraction of sp³-hybridized carbons (Fsp3) is 0.647. The average Bonchev–Trinajstić information content (AvgIpc) is 2.32. The molecule has 1 fully saturated rings. The smallest absolute Gasteiger partial charge is 0.0104 e. The van der Waals surface area contributed by atoms with Gasteiger partial charge in [-0.1, -0.05) is 39.0 Å². The second-order valence-electron chi connectivity index (χ2n) is 6.43. The lowest BCUT2D eigenvalue weighted by Gasteiger charge is -2.49. The summed E-state index contributed by atoms with van der Waals surface area (Å²) in [6, 6.07) is 7.61. The SMILES string of the molecule is Cc1ccc(C2(CNC(C)C)CCC2C)cc1C. The lowest BCUT2D eigenvalue weighted by atomic mass is 9.57. The summed E-state index contributed by atoms with van der Waals surface area (Å²) in [5.74, 6) is 0.797. The Morgan fingerprint density at radius 1 is 1.28 bits per heavy atom. The molecule has 1 N–H and O–H groups in total. The molecule has 0 bridgehead atoms.